The van der Waals surface area contributed by atoms with Crippen LogP contribution in [-0.2, 0) is 7.05 Å². The molecule has 0 aromatic carbocycles. The second kappa shape index (κ2) is 7.12. The van der Waals surface area contributed by atoms with Gasteiger partial charge < -0.3 is 14.8 Å². The van der Waals surface area contributed by atoms with Gasteiger partial charge in [-0.1, -0.05) is 13.8 Å². The summed E-state index contributed by atoms with van der Waals surface area (Å²) in [4.78, 5) is 14.1. The smallest absolute Gasteiger partial charge is 0.267 e. The van der Waals surface area contributed by atoms with Crippen molar-refractivity contribution in [2.75, 3.05) is 26.2 Å². The van der Waals surface area contributed by atoms with Crippen LogP contribution in [0.3, 0.4) is 0 Å². The summed E-state index contributed by atoms with van der Waals surface area (Å²) in [6.45, 7) is 8.24. The number of carbonyl (C=O) groups excluding carboxylic acids is 1. The van der Waals surface area contributed by atoms with Crippen molar-refractivity contribution in [3.63, 3.8) is 0 Å². The van der Waals surface area contributed by atoms with Gasteiger partial charge in [-0.05, 0) is 38.2 Å². The minimum absolute atomic E-state index is 0.0112. The molecule has 4 heteroatoms. The fourth-order valence-electron chi connectivity index (χ4n) is 1.83. The van der Waals surface area contributed by atoms with Crippen LogP contribution in [0.1, 0.15) is 30.8 Å². The molecule has 0 radical (unpaired) electrons. The fourth-order valence-corrected chi connectivity index (χ4v) is 1.83. The minimum atomic E-state index is 0.0112. The number of aromatic nitrogens is 1. The number of nitrogens with one attached hydrogen (secondary N) is 1. The van der Waals surface area contributed by atoms with Crippen LogP contribution in [0.15, 0.2) is 18.3 Å². The zero-order valence-corrected chi connectivity index (χ0v) is 11.1. The maximum Gasteiger partial charge on any atom is 0.267 e. The molecule has 17 heavy (non-hydrogen) atoms. The predicted octanol–water partition coefficient (Wildman–Crippen LogP) is 1.49. The number of carbonyl (C=O) groups is 1. The van der Waals surface area contributed by atoms with Crippen molar-refractivity contribution in [3.8, 4) is 0 Å². The Balaban J connectivity index is 2.23. The lowest BCUT2D eigenvalue weighted by molar-refractivity contribution is 0.0944. The summed E-state index contributed by atoms with van der Waals surface area (Å²) < 4.78 is 1.83. The van der Waals surface area contributed by atoms with E-state index in [4.69, 9.17) is 0 Å². The molecular weight excluding hydrogens is 214 g/mol. The Morgan fingerprint density at radius 1 is 1.41 bits per heavy atom. The quantitative estimate of drug-likeness (QED) is 0.729. The van der Waals surface area contributed by atoms with Gasteiger partial charge in [-0.2, -0.15) is 0 Å². The third-order valence-corrected chi connectivity index (χ3v) is 3.01. The third-order valence-electron chi connectivity index (χ3n) is 3.01. The van der Waals surface area contributed by atoms with Crippen LogP contribution in [0, 0.1) is 0 Å². The molecule has 1 heterocycles. The van der Waals surface area contributed by atoms with Crippen LogP contribution in [0.4, 0.5) is 0 Å². The second-order valence-corrected chi connectivity index (χ2v) is 4.14. The molecule has 0 fully saturated rings. The molecule has 0 aliphatic rings. The van der Waals surface area contributed by atoms with Crippen molar-refractivity contribution in [2.24, 2.45) is 7.05 Å². The van der Waals surface area contributed by atoms with Crippen molar-refractivity contribution in [3.05, 3.63) is 24.0 Å². The number of rotatable bonds is 7. The number of nitrogens with zero attached hydrogens (tertiary/aromatic N) is 2. The molecule has 1 N–H and O–H groups in total. The van der Waals surface area contributed by atoms with Crippen LogP contribution >= 0.6 is 0 Å². The first-order chi connectivity index (χ1) is 8.19. The van der Waals surface area contributed by atoms with E-state index in [1.807, 2.05) is 29.9 Å². The van der Waals surface area contributed by atoms with Crippen molar-refractivity contribution in [1.29, 1.82) is 0 Å². The first-order valence-corrected chi connectivity index (χ1v) is 6.30. The largest absolute Gasteiger partial charge is 0.351 e. The topological polar surface area (TPSA) is 37.3 Å². The van der Waals surface area contributed by atoms with Crippen molar-refractivity contribution in [2.45, 2.75) is 20.3 Å². The minimum Gasteiger partial charge on any atom is -0.351 e. The highest BCUT2D eigenvalue weighted by atomic mass is 16.1. The van der Waals surface area contributed by atoms with Crippen molar-refractivity contribution in [1.82, 2.24) is 14.8 Å². The lowest BCUT2D eigenvalue weighted by Crippen LogP contribution is -2.30. The number of amides is 1. The molecule has 0 aliphatic heterocycles. The number of hydrogen-bond donors (Lipinski definition) is 1. The molecule has 0 unspecified atom stereocenters. The molecule has 96 valence electrons. The van der Waals surface area contributed by atoms with Gasteiger partial charge in [0.05, 0.1) is 0 Å². The van der Waals surface area contributed by atoms with E-state index >= 15 is 0 Å². The molecule has 0 bridgehead atoms. The zero-order valence-electron chi connectivity index (χ0n) is 11.1. The van der Waals surface area contributed by atoms with Gasteiger partial charge in [0.15, 0.2) is 0 Å². The summed E-state index contributed by atoms with van der Waals surface area (Å²) in [5, 5.41) is 2.94. The van der Waals surface area contributed by atoms with E-state index in [1.54, 1.807) is 0 Å². The second-order valence-electron chi connectivity index (χ2n) is 4.14. The van der Waals surface area contributed by atoms with Crippen LogP contribution in [0.5, 0.6) is 0 Å². The van der Waals surface area contributed by atoms with Gasteiger partial charge in [0.2, 0.25) is 0 Å². The normalized spacial score (nSPS) is 10.8. The molecular formula is C13H23N3O. The van der Waals surface area contributed by atoms with Gasteiger partial charge in [-0.25, -0.2) is 0 Å². The van der Waals surface area contributed by atoms with Gasteiger partial charge in [0, 0.05) is 19.8 Å². The summed E-state index contributed by atoms with van der Waals surface area (Å²) in [6, 6.07) is 3.71. The van der Waals surface area contributed by atoms with E-state index in [1.165, 1.54) is 0 Å². The third kappa shape index (κ3) is 4.23. The average Bonchev–Trinajstić information content (AvgIpc) is 2.75. The maximum atomic E-state index is 11.8. The molecule has 1 amide bonds. The van der Waals surface area contributed by atoms with E-state index in [0.29, 0.717) is 5.69 Å². The van der Waals surface area contributed by atoms with E-state index in [-0.39, 0.29) is 5.91 Å². The lowest BCUT2D eigenvalue weighted by atomic mass is 10.3. The molecule has 0 spiro atoms. The Morgan fingerprint density at radius 3 is 2.65 bits per heavy atom. The van der Waals surface area contributed by atoms with Crippen molar-refractivity contribution < 1.29 is 4.79 Å². The van der Waals surface area contributed by atoms with Gasteiger partial charge in [0.1, 0.15) is 5.69 Å². The summed E-state index contributed by atoms with van der Waals surface area (Å²) in [5.41, 5.74) is 0.716. The van der Waals surface area contributed by atoms with E-state index in [2.05, 4.69) is 24.1 Å². The highest BCUT2D eigenvalue weighted by Gasteiger charge is 2.07. The fraction of sp³-hybridized carbons (Fsp3) is 0.615. The van der Waals surface area contributed by atoms with E-state index in [0.717, 1.165) is 32.6 Å². The van der Waals surface area contributed by atoms with Gasteiger partial charge in [-0.3, -0.25) is 4.79 Å². The van der Waals surface area contributed by atoms with Crippen LogP contribution in [0.2, 0.25) is 0 Å². The molecule has 0 atom stereocenters. The van der Waals surface area contributed by atoms with Crippen LogP contribution in [0.25, 0.3) is 0 Å². The van der Waals surface area contributed by atoms with E-state index < -0.39 is 0 Å². The Labute approximate surface area is 104 Å². The monoisotopic (exact) mass is 237 g/mol. The maximum absolute atomic E-state index is 11.8. The average molecular weight is 237 g/mol. The summed E-state index contributed by atoms with van der Waals surface area (Å²) >= 11 is 0. The Kier molecular flexibility index (Phi) is 5.77. The first-order valence-electron chi connectivity index (χ1n) is 6.30. The first kappa shape index (κ1) is 13.8. The highest BCUT2D eigenvalue weighted by Crippen LogP contribution is 1.99. The Bertz CT molecular complexity index is 342. The molecule has 1 rings (SSSR count). The number of aryl methyl sites for hydroxylation is 1. The van der Waals surface area contributed by atoms with Crippen molar-refractivity contribution >= 4 is 5.91 Å². The lowest BCUT2D eigenvalue weighted by Gasteiger charge is -2.17. The predicted molar refractivity (Wildman–Crippen MR) is 70.2 cm³/mol. The Morgan fingerprint density at radius 2 is 2.12 bits per heavy atom. The summed E-state index contributed by atoms with van der Waals surface area (Å²) in [6.07, 6.45) is 2.88. The SMILES string of the molecule is CCN(CC)CCCNC(=O)c1cccn1C. The van der Waals surface area contributed by atoms with Gasteiger partial charge in [-0.15, -0.1) is 0 Å². The van der Waals surface area contributed by atoms with E-state index in [9.17, 15) is 4.79 Å². The molecule has 1 aromatic rings. The molecule has 4 nitrogen and oxygen atoms in total. The van der Waals surface area contributed by atoms with Gasteiger partial charge >= 0.3 is 0 Å². The molecule has 0 saturated carbocycles. The zero-order chi connectivity index (χ0) is 12.7. The summed E-state index contributed by atoms with van der Waals surface area (Å²) in [5.74, 6) is 0.0112. The van der Waals surface area contributed by atoms with Crippen LogP contribution < -0.4 is 5.32 Å². The standard InChI is InChI=1S/C13H23N3O/c1-4-16(5-2)11-7-9-14-13(17)12-8-6-10-15(12)3/h6,8,10H,4-5,7,9,11H2,1-3H3,(H,14,17). The molecule has 0 aliphatic carbocycles. The number of hydrogen-bond acceptors (Lipinski definition) is 2. The molecule has 1 aromatic heterocycles. The van der Waals surface area contributed by atoms with Gasteiger partial charge in [0.25, 0.3) is 5.91 Å². The van der Waals surface area contributed by atoms with Crippen LogP contribution in [-0.4, -0.2) is 41.6 Å². The summed E-state index contributed by atoms with van der Waals surface area (Å²) in [7, 11) is 1.88. The Hall–Kier alpha value is -1.29. The highest BCUT2D eigenvalue weighted by molar-refractivity contribution is 5.92. The molecule has 0 saturated heterocycles.